The molecule has 0 atom stereocenters. The molecule has 0 saturated heterocycles. The van der Waals surface area contributed by atoms with Crippen molar-refractivity contribution in [3.8, 4) is 11.8 Å². The van der Waals surface area contributed by atoms with Crippen LogP contribution in [0.25, 0.3) is 11.1 Å². The van der Waals surface area contributed by atoms with Crippen LogP contribution in [-0.4, -0.2) is 10.8 Å². The lowest BCUT2D eigenvalue weighted by molar-refractivity contribution is 0.101. The molecule has 100 valence electrons. The van der Waals surface area contributed by atoms with Crippen LogP contribution in [0.15, 0.2) is 46.9 Å². The quantitative estimate of drug-likeness (QED) is 0.667. The van der Waals surface area contributed by atoms with Gasteiger partial charge in [0.05, 0.1) is 0 Å². The molecule has 1 heterocycles. The van der Waals surface area contributed by atoms with E-state index in [1.165, 1.54) is 6.92 Å². The van der Waals surface area contributed by atoms with Crippen LogP contribution in [0.4, 0.5) is 0 Å². The number of hydrogen-bond acceptors (Lipinski definition) is 4. The fourth-order valence-corrected chi connectivity index (χ4v) is 1.97. The molecular formula is C15H10ClNO3. The Hall–Kier alpha value is -2.33. The normalized spacial score (nSPS) is 10.7. The summed E-state index contributed by atoms with van der Waals surface area (Å²) in [7, 11) is 0. The third kappa shape index (κ3) is 2.51. The van der Waals surface area contributed by atoms with E-state index in [4.69, 9.17) is 20.8 Å². The van der Waals surface area contributed by atoms with E-state index in [2.05, 4.69) is 4.98 Å². The van der Waals surface area contributed by atoms with E-state index in [1.807, 2.05) is 0 Å². The van der Waals surface area contributed by atoms with Gasteiger partial charge in [0.15, 0.2) is 11.4 Å². The lowest BCUT2D eigenvalue weighted by Crippen LogP contribution is -1.92. The largest absolute Gasteiger partial charge is 0.411 e. The number of carbonyl (C=O) groups excluding carboxylic acids is 1. The van der Waals surface area contributed by atoms with Crippen LogP contribution in [0.1, 0.15) is 17.3 Å². The van der Waals surface area contributed by atoms with Crippen LogP contribution in [0.5, 0.6) is 11.8 Å². The lowest BCUT2D eigenvalue weighted by atomic mass is 10.1. The maximum atomic E-state index is 11.3. The molecule has 20 heavy (non-hydrogen) atoms. The second-order valence-corrected chi connectivity index (χ2v) is 4.71. The molecule has 4 nitrogen and oxygen atoms in total. The minimum atomic E-state index is -0.0280. The average molecular weight is 288 g/mol. The zero-order chi connectivity index (χ0) is 14.1. The van der Waals surface area contributed by atoms with E-state index in [-0.39, 0.29) is 11.9 Å². The van der Waals surface area contributed by atoms with Crippen LogP contribution in [0.3, 0.4) is 0 Å². The Balaban J connectivity index is 1.92. The number of ketones is 1. The monoisotopic (exact) mass is 287 g/mol. The molecule has 0 aliphatic rings. The zero-order valence-electron chi connectivity index (χ0n) is 10.6. The number of rotatable bonds is 3. The summed E-state index contributed by atoms with van der Waals surface area (Å²) < 4.78 is 11.0. The van der Waals surface area contributed by atoms with Crippen molar-refractivity contribution in [2.45, 2.75) is 6.92 Å². The van der Waals surface area contributed by atoms with Crippen molar-refractivity contribution in [2.75, 3.05) is 0 Å². The first kappa shape index (κ1) is 12.7. The maximum absolute atomic E-state index is 11.3. The molecule has 1 aromatic heterocycles. The summed E-state index contributed by atoms with van der Waals surface area (Å²) in [5.74, 6) is 0.468. The van der Waals surface area contributed by atoms with Crippen LogP contribution in [-0.2, 0) is 0 Å². The topological polar surface area (TPSA) is 52.3 Å². The molecule has 5 heteroatoms. The smallest absolute Gasteiger partial charge is 0.400 e. The van der Waals surface area contributed by atoms with Gasteiger partial charge in [-0.2, -0.15) is 4.98 Å². The summed E-state index contributed by atoms with van der Waals surface area (Å²) in [5, 5.41) is 0.580. The number of carbonyl (C=O) groups is 1. The molecule has 0 bridgehead atoms. The average Bonchev–Trinajstić information content (AvgIpc) is 2.80. The van der Waals surface area contributed by atoms with E-state index in [0.29, 0.717) is 27.4 Å². The number of oxazole rings is 1. The number of Topliss-reactive ketones (excluding diaryl/α,β-unsaturated/α-hetero) is 1. The predicted octanol–water partition coefficient (Wildman–Crippen LogP) is 4.48. The summed E-state index contributed by atoms with van der Waals surface area (Å²) in [6, 6.07) is 12.0. The Labute approximate surface area is 119 Å². The summed E-state index contributed by atoms with van der Waals surface area (Å²) in [5.41, 5.74) is 1.78. The van der Waals surface area contributed by atoms with Gasteiger partial charge in [0.25, 0.3) is 0 Å². The standard InChI is InChI=1S/C15H10ClNO3/c1-9(18)10-3-2-4-12(7-10)19-15-17-13-8-11(16)5-6-14(13)20-15/h2-8H,1H3. The molecule has 0 spiro atoms. The Bertz CT molecular complexity index is 795. The molecule has 0 radical (unpaired) electrons. The van der Waals surface area contributed by atoms with Crippen LogP contribution in [0.2, 0.25) is 5.02 Å². The number of benzene rings is 2. The SMILES string of the molecule is CC(=O)c1cccc(Oc2nc3cc(Cl)ccc3o2)c1. The fraction of sp³-hybridized carbons (Fsp3) is 0.0667. The minimum absolute atomic E-state index is 0.0280. The number of ether oxygens (including phenoxy) is 1. The summed E-state index contributed by atoms with van der Waals surface area (Å²) >= 11 is 5.88. The number of fused-ring (bicyclic) bond motifs is 1. The molecule has 0 unspecified atom stereocenters. The number of aromatic nitrogens is 1. The van der Waals surface area contributed by atoms with Gasteiger partial charge in [0.1, 0.15) is 11.3 Å². The Morgan fingerprint density at radius 2 is 2.10 bits per heavy atom. The van der Waals surface area contributed by atoms with Crippen molar-refractivity contribution in [1.82, 2.24) is 4.98 Å². The molecule has 3 rings (SSSR count). The van der Waals surface area contributed by atoms with Gasteiger partial charge < -0.3 is 9.15 Å². The maximum Gasteiger partial charge on any atom is 0.400 e. The molecule has 0 N–H and O–H groups in total. The van der Waals surface area contributed by atoms with E-state index < -0.39 is 0 Å². The van der Waals surface area contributed by atoms with E-state index in [0.717, 1.165) is 0 Å². The lowest BCUT2D eigenvalue weighted by Gasteiger charge is -2.01. The predicted molar refractivity (Wildman–Crippen MR) is 75.5 cm³/mol. The van der Waals surface area contributed by atoms with Gasteiger partial charge in [-0.25, -0.2) is 0 Å². The summed E-state index contributed by atoms with van der Waals surface area (Å²) in [6.45, 7) is 1.50. The second-order valence-electron chi connectivity index (χ2n) is 4.28. The highest BCUT2D eigenvalue weighted by molar-refractivity contribution is 6.31. The third-order valence-corrected chi connectivity index (χ3v) is 3.01. The highest BCUT2D eigenvalue weighted by Gasteiger charge is 2.09. The van der Waals surface area contributed by atoms with Gasteiger partial charge in [-0.05, 0) is 37.3 Å². The molecule has 0 saturated carbocycles. The van der Waals surface area contributed by atoms with E-state index in [1.54, 1.807) is 42.5 Å². The first-order valence-corrected chi connectivity index (χ1v) is 6.34. The number of hydrogen-bond donors (Lipinski definition) is 0. The zero-order valence-corrected chi connectivity index (χ0v) is 11.3. The van der Waals surface area contributed by atoms with Crippen molar-refractivity contribution >= 4 is 28.5 Å². The Kier molecular flexibility index (Phi) is 3.16. The van der Waals surface area contributed by atoms with Crippen LogP contribution >= 0.6 is 11.6 Å². The molecule has 2 aromatic carbocycles. The van der Waals surface area contributed by atoms with E-state index >= 15 is 0 Å². The van der Waals surface area contributed by atoms with Gasteiger partial charge in [-0.3, -0.25) is 4.79 Å². The Morgan fingerprint density at radius 3 is 2.90 bits per heavy atom. The number of nitrogens with zero attached hydrogens (tertiary/aromatic N) is 1. The first-order valence-electron chi connectivity index (χ1n) is 5.97. The van der Waals surface area contributed by atoms with Gasteiger partial charge in [-0.1, -0.05) is 23.7 Å². The van der Waals surface area contributed by atoms with Crippen molar-refractivity contribution in [3.63, 3.8) is 0 Å². The van der Waals surface area contributed by atoms with E-state index in [9.17, 15) is 4.79 Å². The van der Waals surface area contributed by atoms with Crippen LogP contribution < -0.4 is 4.74 Å². The van der Waals surface area contributed by atoms with Crippen molar-refractivity contribution in [1.29, 1.82) is 0 Å². The highest BCUT2D eigenvalue weighted by Crippen LogP contribution is 2.27. The molecule has 0 aliphatic heterocycles. The number of halogens is 1. The van der Waals surface area contributed by atoms with Crippen molar-refractivity contribution in [2.24, 2.45) is 0 Å². The van der Waals surface area contributed by atoms with Crippen molar-refractivity contribution < 1.29 is 13.9 Å². The van der Waals surface area contributed by atoms with Crippen molar-refractivity contribution in [3.05, 3.63) is 53.1 Å². The highest BCUT2D eigenvalue weighted by atomic mass is 35.5. The summed E-state index contributed by atoms with van der Waals surface area (Å²) in [6.07, 6.45) is 0.114. The third-order valence-electron chi connectivity index (χ3n) is 2.78. The Morgan fingerprint density at radius 1 is 1.25 bits per heavy atom. The van der Waals surface area contributed by atoms with Crippen LogP contribution in [0, 0.1) is 0 Å². The minimum Gasteiger partial charge on any atom is -0.411 e. The molecule has 0 fully saturated rings. The van der Waals surface area contributed by atoms with Gasteiger partial charge >= 0.3 is 6.08 Å². The van der Waals surface area contributed by atoms with Gasteiger partial charge in [0, 0.05) is 10.6 Å². The molecule has 0 aliphatic carbocycles. The van der Waals surface area contributed by atoms with Gasteiger partial charge in [0.2, 0.25) is 0 Å². The second kappa shape index (κ2) is 4.98. The first-order chi connectivity index (χ1) is 9.61. The van der Waals surface area contributed by atoms with Gasteiger partial charge in [-0.15, -0.1) is 0 Å². The molecular weight excluding hydrogens is 278 g/mol. The summed E-state index contributed by atoms with van der Waals surface area (Å²) in [4.78, 5) is 15.5. The molecule has 3 aromatic rings. The fourth-order valence-electron chi connectivity index (χ4n) is 1.80. The molecule has 0 amide bonds.